The molecule has 0 spiro atoms. The van der Waals surface area contributed by atoms with E-state index in [1.165, 1.54) is 6.42 Å². The van der Waals surface area contributed by atoms with Crippen LogP contribution >= 0.6 is 11.8 Å². The van der Waals surface area contributed by atoms with E-state index in [1.807, 2.05) is 49.7 Å². The summed E-state index contributed by atoms with van der Waals surface area (Å²) in [4.78, 5) is 14.1. The average molecular weight is 307 g/mol. The highest BCUT2D eigenvalue weighted by molar-refractivity contribution is 7.99. The number of thioether (sulfide) groups is 1. The second kappa shape index (κ2) is 7.21. The van der Waals surface area contributed by atoms with Crippen molar-refractivity contribution in [2.24, 2.45) is 0 Å². The highest BCUT2D eigenvalue weighted by Gasteiger charge is 2.29. The number of hydrogen-bond donors (Lipinski definition) is 0. The Morgan fingerprint density at radius 2 is 1.95 bits per heavy atom. The molecule has 3 nitrogen and oxygen atoms in total. The third-order valence-corrected chi connectivity index (χ3v) is 5.28. The van der Waals surface area contributed by atoms with Gasteiger partial charge in [0.05, 0.1) is 0 Å². The topological polar surface area (TPSA) is 29.5 Å². The standard InChI is InChI=1S/C17H25NO2S/c1-12-7-13(2)9-15(8-12)20-11-17(19)18(3)14-5-6-16(10-14)21-4/h7-9,14,16H,5-6,10-11H2,1-4H3. The molecule has 1 fully saturated rings. The summed E-state index contributed by atoms with van der Waals surface area (Å²) in [5, 5.41) is 0.700. The normalized spacial score (nSPS) is 21.3. The summed E-state index contributed by atoms with van der Waals surface area (Å²) in [5.41, 5.74) is 2.31. The molecule has 1 aliphatic carbocycles. The highest BCUT2D eigenvalue weighted by Crippen LogP contribution is 2.30. The van der Waals surface area contributed by atoms with E-state index in [2.05, 4.69) is 12.3 Å². The summed E-state index contributed by atoms with van der Waals surface area (Å²) in [7, 11) is 1.90. The maximum atomic E-state index is 12.3. The van der Waals surface area contributed by atoms with E-state index in [4.69, 9.17) is 4.74 Å². The number of benzene rings is 1. The average Bonchev–Trinajstić information content (AvgIpc) is 2.91. The van der Waals surface area contributed by atoms with Gasteiger partial charge in [0.1, 0.15) is 5.75 Å². The molecule has 0 aliphatic heterocycles. The van der Waals surface area contributed by atoms with Crippen molar-refractivity contribution in [2.45, 2.75) is 44.4 Å². The molecular formula is C17H25NO2S. The zero-order valence-corrected chi connectivity index (χ0v) is 14.2. The Morgan fingerprint density at radius 1 is 1.29 bits per heavy atom. The first-order chi connectivity index (χ1) is 9.99. The largest absolute Gasteiger partial charge is 0.484 e. The van der Waals surface area contributed by atoms with Crippen LogP contribution in [0.3, 0.4) is 0 Å². The molecule has 2 atom stereocenters. The summed E-state index contributed by atoms with van der Waals surface area (Å²) in [6.45, 7) is 4.20. The van der Waals surface area contributed by atoms with Crippen molar-refractivity contribution >= 4 is 17.7 Å². The van der Waals surface area contributed by atoms with Crippen LogP contribution in [-0.4, -0.2) is 42.0 Å². The highest BCUT2D eigenvalue weighted by atomic mass is 32.2. The van der Waals surface area contributed by atoms with Crippen molar-refractivity contribution in [2.75, 3.05) is 19.9 Å². The maximum Gasteiger partial charge on any atom is 0.260 e. The van der Waals surface area contributed by atoms with Gasteiger partial charge in [-0.25, -0.2) is 0 Å². The number of likely N-dealkylation sites (N-methyl/N-ethyl adjacent to an activating group) is 1. The summed E-state index contributed by atoms with van der Waals surface area (Å²) >= 11 is 1.91. The van der Waals surface area contributed by atoms with Crippen LogP contribution in [0.25, 0.3) is 0 Å². The molecular weight excluding hydrogens is 282 g/mol. The minimum atomic E-state index is 0.0703. The molecule has 0 radical (unpaired) electrons. The van der Waals surface area contributed by atoms with Crippen molar-refractivity contribution in [3.05, 3.63) is 29.3 Å². The lowest BCUT2D eigenvalue weighted by atomic mass is 10.1. The fourth-order valence-electron chi connectivity index (χ4n) is 2.95. The fraction of sp³-hybridized carbons (Fsp3) is 0.588. The van der Waals surface area contributed by atoms with Gasteiger partial charge < -0.3 is 9.64 Å². The molecule has 0 N–H and O–H groups in total. The molecule has 1 amide bonds. The molecule has 21 heavy (non-hydrogen) atoms. The summed E-state index contributed by atoms with van der Waals surface area (Å²) in [6, 6.07) is 6.42. The van der Waals surface area contributed by atoms with Gasteiger partial charge in [-0.15, -0.1) is 0 Å². The maximum absolute atomic E-state index is 12.3. The zero-order chi connectivity index (χ0) is 15.4. The van der Waals surface area contributed by atoms with E-state index in [0.717, 1.165) is 29.7 Å². The van der Waals surface area contributed by atoms with E-state index in [0.29, 0.717) is 11.3 Å². The Morgan fingerprint density at radius 3 is 2.52 bits per heavy atom. The Kier molecular flexibility index (Phi) is 5.57. The van der Waals surface area contributed by atoms with Crippen LogP contribution in [0, 0.1) is 13.8 Å². The van der Waals surface area contributed by atoms with E-state index >= 15 is 0 Å². The minimum Gasteiger partial charge on any atom is -0.484 e. The number of rotatable bonds is 5. The predicted octanol–water partition coefficient (Wildman–Crippen LogP) is 3.42. The van der Waals surface area contributed by atoms with Crippen molar-refractivity contribution in [1.82, 2.24) is 4.90 Å². The second-order valence-corrected chi connectivity index (χ2v) is 7.08. The first-order valence-electron chi connectivity index (χ1n) is 7.49. The lowest BCUT2D eigenvalue weighted by Gasteiger charge is -2.24. The van der Waals surface area contributed by atoms with Crippen LogP contribution in [0.15, 0.2) is 18.2 Å². The van der Waals surface area contributed by atoms with E-state index in [1.54, 1.807) is 0 Å². The predicted molar refractivity (Wildman–Crippen MR) is 89.1 cm³/mol. The third kappa shape index (κ3) is 4.40. The Hall–Kier alpha value is -1.16. The molecule has 4 heteroatoms. The van der Waals surface area contributed by atoms with E-state index in [-0.39, 0.29) is 12.5 Å². The fourth-order valence-corrected chi connectivity index (χ4v) is 3.74. The number of aryl methyl sites for hydroxylation is 2. The van der Waals surface area contributed by atoms with Crippen LogP contribution in [-0.2, 0) is 4.79 Å². The molecule has 0 heterocycles. The number of ether oxygens (including phenoxy) is 1. The van der Waals surface area contributed by atoms with Gasteiger partial charge in [0.15, 0.2) is 6.61 Å². The van der Waals surface area contributed by atoms with Crippen molar-refractivity contribution in [1.29, 1.82) is 0 Å². The number of nitrogens with zero attached hydrogens (tertiary/aromatic N) is 1. The van der Waals surface area contributed by atoms with Crippen LogP contribution in [0.1, 0.15) is 30.4 Å². The molecule has 1 aliphatic rings. The Labute approximate surface area is 132 Å². The number of hydrogen-bond acceptors (Lipinski definition) is 3. The number of carbonyl (C=O) groups is 1. The third-order valence-electron chi connectivity index (χ3n) is 4.19. The van der Waals surface area contributed by atoms with Gasteiger partial charge in [0.25, 0.3) is 5.91 Å². The summed E-state index contributed by atoms with van der Waals surface area (Å²) in [5.74, 6) is 0.851. The van der Waals surface area contributed by atoms with Gasteiger partial charge in [0, 0.05) is 18.3 Å². The van der Waals surface area contributed by atoms with Gasteiger partial charge in [-0.3, -0.25) is 4.79 Å². The van der Waals surface area contributed by atoms with Crippen LogP contribution < -0.4 is 4.74 Å². The molecule has 116 valence electrons. The molecule has 1 aromatic carbocycles. The molecule has 1 aromatic rings. The van der Waals surface area contributed by atoms with Gasteiger partial charge >= 0.3 is 0 Å². The first kappa shape index (κ1) is 16.2. The van der Waals surface area contributed by atoms with Crippen molar-refractivity contribution in [3.8, 4) is 5.75 Å². The SMILES string of the molecule is CSC1CCC(N(C)C(=O)COc2cc(C)cc(C)c2)C1. The lowest BCUT2D eigenvalue weighted by molar-refractivity contribution is -0.134. The van der Waals surface area contributed by atoms with Gasteiger partial charge in [-0.2, -0.15) is 11.8 Å². The molecule has 0 saturated heterocycles. The van der Waals surface area contributed by atoms with Gasteiger partial charge in [0.2, 0.25) is 0 Å². The number of carbonyl (C=O) groups excluding carboxylic acids is 1. The smallest absolute Gasteiger partial charge is 0.260 e. The molecule has 0 bridgehead atoms. The zero-order valence-electron chi connectivity index (χ0n) is 13.4. The van der Waals surface area contributed by atoms with Gasteiger partial charge in [-0.05, 0) is 62.6 Å². The monoisotopic (exact) mass is 307 g/mol. The van der Waals surface area contributed by atoms with Crippen molar-refractivity contribution < 1.29 is 9.53 Å². The van der Waals surface area contributed by atoms with E-state index in [9.17, 15) is 4.79 Å². The quantitative estimate of drug-likeness (QED) is 0.835. The minimum absolute atomic E-state index is 0.0703. The first-order valence-corrected chi connectivity index (χ1v) is 8.78. The Bertz CT molecular complexity index is 483. The van der Waals surface area contributed by atoms with E-state index < -0.39 is 0 Å². The molecule has 1 saturated carbocycles. The summed E-state index contributed by atoms with van der Waals surface area (Å²) < 4.78 is 5.67. The van der Waals surface area contributed by atoms with Crippen molar-refractivity contribution in [3.63, 3.8) is 0 Å². The summed E-state index contributed by atoms with van der Waals surface area (Å²) in [6.07, 6.45) is 5.57. The van der Waals surface area contributed by atoms with Gasteiger partial charge in [-0.1, -0.05) is 6.07 Å². The Balaban J connectivity index is 1.86. The lowest BCUT2D eigenvalue weighted by Crippen LogP contribution is -2.38. The van der Waals surface area contributed by atoms with Crippen LogP contribution in [0.5, 0.6) is 5.75 Å². The number of amides is 1. The van der Waals surface area contributed by atoms with Crippen LogP contribution in [0.4, 0.5) is 0 Å². The molecule has 2 unspecified atom stereocenters. The molecule has 0 aromatic heterocycles. The second-order valence-electron chi connectivity index (χ2n) is 5.94. The molecule has 2 rings (SSSR count). The van der Waals surface area contributed by atoms with Crippen LogP contribution in [0.2, 0.25) is 0 Å².